The maximum atomic E-state index is 12.0. The molecule has 2 aromatic carbocycles. The number of imide groups is 1. The van der Waals surface area contributed by atoms with Crippen LogP contribution in [0, 0.1) is 0 Å². The van der Waals surface area contributed by atoms with E-state index in [1.54, 1.807) is 37.7 Å². The van der Waals surface area contributed by atoms with Crippen molar-refractivity contribution in [2.75, 3.05) is 6.61 Å². The minimum absolute atomic E-state index is 0.105. The summed E-state index contributed by atoms with van der Waals surface area (Å²) in [5.74, 6) is -0.580. The highest BCUT2D eigenvalue weighted by Crippen LogP contribution is 2.24. The molecule has 0 atom stereocenters. The summed E-state index contributed by atoms with van der Waals surface area (Å²) in [5.41, 5.74) is 1.37. The van der Waals surface area contributed by atoms with Crippen molar-refractivity contribution in [1.82, 2.24) is 10.6 Å². The van der Waals surface area contributed by atoms with Crippen LogP contribution >= 0.6 is 23.4 Å². The Balaban J connectivity index is 1.78. The number of hydrogen-bond acceptors (Lipinski definition) is 5. The first-order valence-electron chi connectivity index (χ1n) is 8.58. The molecule has 28 heavy (non-hydrogen) atoms. The van der Waals surface area contributed by atoms with Crippen LogP contribution in [0.4, 0.5) is 4.79 Å². The lowest BCUT2D eigenvalue weighted by Gasteiger charge is -2.09. The Kier molecular flexibility index (Phi) is 8.35. The van der Waals surface area contributed by atoms with Gasteiger partial charge in [0, 0.05) is 21.7 Å². The number of carbonyl (C=O) groups excluding carboxylic acids is 3. The van der Waals surface area contributed by atoms with Crippen molar-refractivity contribution in [2.24, 2.45) is 0 Å². The Hall–Kier alpha value is -2.51. The maximum Gasteiger partial charge on any atom is 0.338 e. The van der Waals surface area contributed by atoms with Gasteiger partial charge in [-0.2, -0.15) is 0 Å². The number of benzene rings is 2. The lowest BCUT2D eigenvalue weighted by Crippen LogP contribution is -2.44. The van der Waals surface area contributed by atoms with Crippen molar-refractivity contribution < 1.29 is 19.1 Å². The van der Waals surface area contributed by atoms with E-state index in [9.17, 15) is 14.4 Å². The van der Waals surface area contributed by atoms with Crippen LogP contribution in [-0.2, 0) is 15.3 Å². The van der Waals surface area contributed by atoms with Crippen LogP contribution in [0.15, 0.2) is 53.4 Å². The van der Waals surface area contributed by atoms with Crippen LogP contribution in [0.5, 0.6) is 0 Å². The summed E-state index contributed by atoms with van der Waals surface area (Å²) in [6.45, 7) is 3.00. The Bertz CT molecular complexity index is 823. The molecule has 0 spiro atoms. The number of hydrogen-bond donors (Lipinski definition) is 2. The van der Waals surface area contributed by atoms with Gasteiger partial charge in [0.05, 0.1) is 5.56 Å². The number of carbonyl (C=O) groups is 3. The Morgan fingerprint density at radius 3 is 2.29 bits per heavy atom. The minimum atomic E-state index is -0.692. The second-order valence-corrected chi connectivity index (χ2v) is 7.68. The van der Waals surface area contributed by atoms with Crippen LogP contribution in [-0.4, -0.2) is 30.6 Å². The number of thioether (sulfide) groups is 1. The highest BCUT2D eigenvalue weighted by molar-refractivity contribution is 7.98. The zero-order chi connectivity index (χ0) is 20.5. The first kappa shape index (κ1) is 21.8. The summed E-state index contributed by atoms with van der Waals surface area (Å²) < 4.78 is 4.93. The highest BCUT2D eigenvalue weighted by Gasteiger charge is 2.13. The van der Waals surface area contributed by atoms with E-state index in [4.69, 9.17) is 16.3 Å². The van der Waals surface area contributed by atoms with Gasteiger partial charge < -0.3 is 10.1 Å². The van der Waals surface area contributed by atoms with E-state index in [1.807, 2.05) is 36.4 Å². The average Bonchev–Trinajstić information content (AvgIpc) is 2.65. The molecule has 0 bridgehead atoms. The quantitative estimate of drug-likeness (QED) is 0.522. The number of nitrogens with one attached hydrogen (secondary N) is 2. The number of ether oxygens (including phenoxy) is 1. The molecule has 8 heteroatoms. The molecular formula is C20H21ClN2O4S. The number of amides is 3. The van der Waals surface area contributed by atoms with Crippen molar-refractivity contribution in [1.29, 1.82) is 0 Å². The van der Waals surface area contributed by atoms with Gasteiger partial charge in [0.15, 0.2) is 6.61 Å². The smallest absolute Gasteiger partial charge is 0.338 e. The largest absolute Gasteiger partial charge is 0.452 e. The van der Waals surface area contributed by atoms with E-state index < -0.39 is 24.5 Å². The van der Waals surface area contributed by atoms with Crippen molar-refractivity contribution in [3.63, 3.8) is 0 Å². The van der Waals surface area contributed by atoms with Crippen LogP contribution < -0.4 is 10.6 Å². The van der Waals surface area contributed by atoms with Gasteiger partial charge >= 0.3 is 12.0 Å². The molecule has 0 heterocycles. The van der Waals surface area contributed by atoms with Gasteiger partial charge in [-0.1, -0.05) is 23.7 Å². The molecule has 0 saturated carbocycles. The Labute approximate surface area is 173 Å². The molecule has 0 fully saturated rings. The summed E-state index contributed by atoms with van der Waals surface area (Å²) in [7, 11) is 0. The van der Waals surface area contributed by atoms with Gasteiger partial charge in [0.2, 0.25) is 0 Å². The van der Waals surface area contributed by atoms with E-state index >= 15 is 0 Å². The van der Waals surface area contributed by atoms with E-state index in [1.165, 1.54) is 0 Å². The number of rotatable bonds is 7. The van der Waals surface area contributed by atoms with E-state index in [0.29, 0.717) is 10.6 Å². The summed E-state index contributed by atoms with van der Waals surface area (Å²) in [6, 6.07) is 13.8. The standard InChI is InChI=1S/C20H21ClN2O4S/c1-13(2)22-20(26)23-18(24)11-27-19(25)15-5-3-14(4-6-15)12-28-17-9-7-16(21)8-10-17/h3-10,13H,11-12H2,1-2H3,(H2,22,23,24,26). The highest BCUT2D eigenvalue weighted by atomic mass is 35.5. The van der Waals surface area contributed by atoms with Gasteiger partial charge in [-0.3, -0.25) is 10.1 Å². The minimum Gasteiger partial charge on any atom is -0.452 e. The molecule has 2 aromatic rings. The van der Waals surface area contributed by atoms with Crippen LogP contribution in [0.1, 0.15) is 29.8 Å². The van der Waals surface area contributed by atoms with E-state index in [2.05, 4.69) is 10.6 Å². The third-order valence-corrected chi connectivity index (χ3v) is 4.75. The van der Waals surface area contributed by atoms with Crippen LogP contribution in [0.2, 0.25) is 5.02 Å². The lowest BCUT2D eigenvalue weighted by molar-refractivity contribution is -0.123. The molecule has 3 amide bonds. The van der Waals surface area contributed by atoms with Crippen molar-refractivity contribution in [3.8, 4) is 0 Å². The molecule has 0 radical (unpaired) electrons. The average molecular weight is 421 g/mol. The first-order chi connectivity index (χ1) is 13.3. The van der Waals surface area contributed by atoms with Gasteiger partial charge in [0.25, 0.3) is 5.91 Å². The molecule has 0 aromatic heterocycles. The second kappa shape index (κ2) is 10.7. The number of halogens is 1. The molecule has 0 saturated heterocycles. The van der Waals surface area contributed by atoms with Crippen molar-refractivity contribution in [3.05, 3.63) is 64.7 Å². The third-order valence-electron chi connectivity index (χ3n) is 3.42. The molecule has 0 aliphatic carbocycles. The molecule has 148 valence electrons. The number of esters is 1. The van der Waals surface area contributed by atoms with Crippen molar-refractivity contribution >= 4 is 41.3 Å². The summed E-state index contributed by atoms with van der Waals surface area (Å²) >= 11 is 7.52. The SMILES string of the molecule is CC(C)NC(=O)NC(=O)COC(=O)c1ccc(CSc2ccc(Cl)cc2)cc1. The first-order valence-corrected chi connectivity index (χ1v) is 9.94. The van der Waals surface area contributed by atoms with Gasteiger partial charge in [-0.15, -0.1) is 11.8 Å². The number of urea groups is 1. The molecule has 2 N–H and O–H groups in total. The third kappa shape index (κ3) is 7.62. The lowest BCUT2D eigenvalue weighted by atomic mass is 10.1. The molecule has 0 aliphatic heterocycles. The zero-order valence-electron chi connectivity index (χ0n) is 15.5. The normalized spacial score (nSPS) is 10.4. The molecule has 2 rings (SSSR count). The topological polar surface area (TPSA) is 84.5 Å². The van der Waals surface area contributed by atoms with Crippen LogP contribution in [0.25, 0.3) is 0 Å². The van der Waals surface area contributed by atoms with E-state index in [-0.39, 0.29) is 6.04 Å². The fraction of sp³-hybridized carbons (Fsp3) is 0.250. The van der Waals surface area contributed by atoms with Gasteiger partial charge in [-0.25, -0.2) is 9.59 Å². The molecule has 0 aliphatic rings. The maximum absolute atomic E-state index is 12.0. The monoisotopic (exact) mass is 420 g/mol. The predicted molar refractivity (Wildman–Crippen MR) is 110 cm³/mol. The van der Waals surface area contributed by atoms with Crippen LogP contribution in [0.3, 0.4) is 0 Å². The molecule has 6 nitrogen and oxygen atoms in total. The summed E-state index contributed by atoms with van der Waals surface area (Å²) in [6.07, 6.45) is 0. The molecule has 0 unspecified atom stereocenters. The summed E-state index contributed by atoms with van der Waals surface area (Å²) in [5, 5.41) is 5.29. The molecular weight excluding hydrogens is 400 g/mol. The predicted octanol–water partition coefficient (Wildman–Crippen LogP) is 4.02. The second-order valence-electron chi connectivity index (χ2n) is 6.19. The van der Waals surface area contributed by atoms with Crippen molar-refractivity contribution in [2.45, 2.75) is 30.5 Å². The summed E-state index contributed by atoms with van der Waals surface area (Å²) in [4.78, 5) is 36.1. The van der Waals surface area contributed by atoms with Gasteiger partial charge in [0.1, 0.15) is 0 Å². The van der Waals surface area contributed by atoms with E-state index in [0.717, 1.165) is 16.2 Å². The Morgan fingerprint density at radius 1 is 1.04 bits per heavy atom. The zero-order valence-corrected chi connectivity index (χ0v) is 17.1. The fourth-order valence-electron chi connectivity index (χ4n) is 2.11. The Morgan fingerprint density at radius 2 is 1.68 bits per heavy atom. The fourth-order valence-corrected chi connectivity index (χ4v) is 3.09. The van der Waals surface area contributed by atoms with Gasteiger partial charge in [-0.05, 0) is 55.8 Å².